The second kappa shape index (κ2) is 10.0. The van der Waals surface area contributed by atoms with Crippen LogP contribution in [0.4, 0.5) is 0 Å². The van der Waals surface area contributed by atoms with Crippen LogP contribution in [0.1, 0.15) is 22.5 Å². The van der Waals surface area contributed by atoms with Crippen molar-refractivity contribution in [3.05, 3.63) is 205 Å². The van der Waals surface area contributed by atoms with E-state index in [9.17, 15) is 0 Å². The standard InChI is InChI=1S/C50H30N4/c1-2-15-31(16-3-1)52-41-24-10-5-17-32(41)35-29-36-33-18-6-11-25-42(33)53(47(36)30-46(35)52)45-28-14-22-39-48(45)34-19-4-7-20-37(34)50(39)38-21-8-12-26-43(38)54-44-27-13-9-23-40(44)51-49(50)54/h1-30H. The Morgan fingerprint density at radius 1 is 0.370 bits per heavy atom. The summed E-state index contributed by atoms with van der Waals surface area (Å²) in [5.74, 6) is 1.06. The first-order valence-electron chi connectivity index (χ1n) is 18.7. The smallest absolute Gasteiger partial charge is 0.134 e. The van der Waals surface area contributed by atoms with Gasteiger partial charge in [0.1, 0.15) is 11.2 Å². The van der Waals surface area contributed by atoms with Crippen LogP contribution in [-0.2, 0) is 5.41 Å². The van der Waals surface area contributed by atoms with Crippen molar-refractivity contribution in [2.24, 2.45) is 0 Å². The molecule has 0 amide bonds. The second-order valence-electron chi connectivity index (χ2n) is 14.7. The first kappa shape index (κ1) is 28.4. The Labute approximate surface area is 310 Å². The maximum absolute atomic E-state index is 5.48. The normalized spacial score (nSPS) is 15.5. The SMILES string of the molecule is c1ccc(-n2c3ccccc3c3cc4c5ccccc5n(-c5cccc6c5-c5ccccc5C65c6ccccc6-n6c5nc5ccccc56)c4cc32)cc1. The molecule has 0 fully saturated rings. The molecule has 1 atom stereocenters. The average Bonchev–Trinajstić information content (AvgIpc) is 4.01. The van der Waals surface area contributed by atoms with Crippen molar-refractivity contribution in [3.8, 4) is 28.2 Å². The van der Waals surface area contributed by atoms with Crippen molar-refractivity contribution in [2.45, 2.75) is 5.41 Å². The molecular weight excluding hydrogens is 657 g/mol. The van der Waals surface area contributed by atoms with Gasteiger partial charge in [0.05, 0.1) is 44.5 Å². The molecule has 1 spiro atoms. The van der Waals surface area contributed by atoms with Gasteiger partial charge in [0.15, 0.2) is 0 Å². The van der Waals surface area contributed by atoms with Crippen LogP contribution in [0.5, 0.6) is 0 Å². The first-order chi connectivity index (χ1) is 26.8. The van der Waals surface area contributed by atoms with Crippen molar-refractivity contribution < 1.29 is 0 Å². The van der Waals surface area contributed by atoms with Crippen LogP contribution in [0.25, 0.3) is 82.8 Å². The van der Waals surface area contributed by atoms with E-state index in [0.717, 1.165) is 22.5 Å². The molecule has 0 saturated carbocycles. The summed E-state index contributed by atoms with van der Waals surface area (Å²) < 4.78 is 7.35. The van der Waals surface area contributed by atoms with Crippen molar-refractivity contribution in [1.29, 1.82) is 0 Å². The van der Waals surface area contributed by atoms with Crippen molar-refractivity contribution in [3.63, 3.8) is 0 Å². The monoisotopic (exact) mass is 686 g/mol. The van der Waals surface area contributed by atoms with Crippen LogP contribution < -0.4 is 0 Å². The molecule has 2 aliphatic rings. The van der Waals surface area contributed by atoms with Crippen molar-refractivity contribution in [1.82, 2.24) is 18.7 Å². The number of rotatable bonds is 2. The number of aromatic nitrogens is 4. The van der Waals surface area contributed by atoms with Crippen molar-refractivity contribution >= 4 is 54.6 Å². The number of hydrogen-bond donors (Lipinski definition) is 0. The molecule has 0 N–H and O–H groups in total. The molecule has 0 saturated heterocycles. The molecule has 0 radical (unpaired) electrons. The molecule has 1 aliphatic carbocycles. The third-order valence-corrected chi connectivity index (χ3v) is 12.2. The molecule has 4 nitrogen and oxygen atoms in total. The summed E-state index contributed by atoms with van der Waals surface area (Å²) in [6.07, 6.45) is 0. The molecule has 13 rings (SSSR count). The third kappa shape index (κ3) is 3.29. The van der Waals surface area contributed by atoms with Crippen LogP contribution in [0, 0.1) is 0 Å². The fourth-order valence-corrected chi connectivity index (χ4v) is 10.2. The van der Waals surface area contributed by atoms with Gasteiger partial charge in [0, 0.05) is 32.8 Å². The molecule has 1 unspecified atom stereocenters. The fourth-order valence-electron chi connectivity index (χ4n) is 10.2. The van der Waals surface area contributed by atoms with Gasteiger partial charge in [-0.15, -0.1) is 0 Å². The summed E-state index contributed by atoms with van der Waals surface area (Å²) in [4.78, 5) is 5.48. The van der Waals surface area contributed by atoms with Gasteiger partial charge < -0.3 is 9.13 Å². The van der Waals surface area contributed by atoms with E-state index in [4.69, 9.17) is 4.98 Å². The molecule has 54 heavy (non-hydrogen) atoms. The summed E-state index contributed by atoms with van der Waals surface area (Å²) in [5.41, 5.74) is 16.3. The molecule has 250 valence electrons. The van der Waals surface area contributed by atoms with E-state index in [1.54, 1.807) is 0 Å². The van der Waals surface area contributed by atoms with E-state index in [2.05, 4.69) is 196 Å². The summed E-state index contributed by atoms with van der Waals surface area (Å²) >= 11 is 0. The predicted molar refractivity (Wildman–Crippen MR) is 221 cm³/mol. The van der Waals surface area contributed by atoms with Gasteiger partial charge in [0.2, 0.25) is 0 Å². The van der Waals surface area contributed by atoms with E-state index in [0.29, 0.717) is 0 Å². The van der Waals surface area contributed by atoms with Crippen molar-refractivity contribution in [2.75, 3.05) is 0 Å². The number of nitrogens with zero attached hydrogens (tertiary/aromatic N) is 4. The zero-order valence-corrected chi connectivity index (χ0v) is 29.1. The van der Waals surface area contributed by atoms with Gasteiger partial charge in [0.25, 0.3) is 0 Å². The molecular formula is C50H30N4. The lowest BCUT2D eigenvalue weighted by Crippen LogP contribution is -2.27. The van der Waals surface area contributed by atoms with Gasteiger partial charge in [-0.25, -0.2) is 4.98 Å². The molecule has 1 aliphatic heterocycles. The largest absolute Gasteiger partial charge is 0.309 e. The molecule has 0 bridgehead atoms. The lowest BCUT2D eigenvalue weighted by Gasteiger charge is -2.27. The quantitative estimate of drug-likeness (QED) is 0.178. The van der Waals surface area contributed by atoms with E-state index in [1.165, 1.54) is 82.8 Å². The minimum atomic E-state index is -0.566. The summed E-state index contributed by atoms with van der Waals surface area (Å²) in [7, 11) is 0. The minimum absolute atomic E-state index is 0.566. The second-order valence-corrected chi connectivity index (χ2v) is 14.7. The topological polar surface area (TPSA) is 27.7 Å². The maximum Gasteiger partial charge on any atom is 0.134 e. The Morgan fingerprint density at radius 2 is 0.963 bits per heavy atom. The zero-order chi connectivity index (χ0) is 35.1. The fraction of sp³-hybridized carbons (Fsp3) is 0.0200. The molecule has 3 aromatic heterocycles. The number of fused-ring (bicyclic) bond motifs is 18. The highest BCUT2D eigenvalue weighted by Crippen LogP contribution is 2.61. The predicted octanol–water partition coefficient (Wildman–Crippen LogP) is 11.9. The Hall–Kier alpha value is -7.17. The number of hydrogen-bond acceptors (Lipinski definition) is 1. The molecule has 8 aromatic carbocycles. The Bertz CT molecular complexity index is 3400. The maximum atomic E-state index is 5.48. The minimum Gasteiger partial charge on any atom is -0.309 e. The lowest BCUT2D eigenvalue weighted by molar-refractivity contribution is 0.737. The number of imidazole rings is 1. The summed E-state index contributed by atoms with van der Waals surface area (Å²) in [6.45, 7) is 0. The van der Waals surface area contributed by atoms with E-state index >= 15 is 0 Å². The molecule has 11 aromatic rings. The van der Waals surface area contributed by atoms with Crippen LogP contribution in [0.3, 0.4) is 0 Å². The lowest BCUT2D eigenvalue weighted by atomic mass is 9.73. The highest BCUT2D eigenvalue weighted by Gasteiger charge is 2.54. The van der Waals surface area contributed by atoms with E-state index < -0.39 is 5.41 Å². The Balaban J connectivity index is 1.18. The zero-order valence-electron chi connectivity index (χ0n) is 29.1. The number of benzene rings is 8. The van der Waals surface area contributed by atoms with Crippen LogP contribution in [0.2, 0.25) is 0 Å². The van der Waals surface area contributed by atoms with Crippen LogP contribution in [0.15, 0.2) is 182 Å². The molecule has 4 heteroatoms. The average molecular weight is 687 g/mol. The Morgan fingerprint density at radius 3 is 1.78 bits per heavy atom. The molecule has 4 heterocycles. The summed E-state index contributed by atoms with van der Waals surface area (Å²) in [6, 6.07) is 66.8. The van der Waals surface area contributed by atoms with E-state index in [-0.39, 0.29) is 0 Å². The number of para-hydroxylation sites is 6. The van der Waals surface area contributed by atoms with Crippen LogP contribution in [-0.4, -0.2) is 18.7 Å². The van der Waals surface area contributed by atoms with Gasteiger partial charge >= 0.3 is 0 Å². The van der Waals surface area contributed by atoms with Gasteiger partial charge in [-0.2, -0.15) is 0 Å². The van der Waals surface area contributed by atoms with Gasteiger partial charge in [-0.3, -0.25) is 4.57 Å². The van der Waals surface area contributed by atoms with Crippen LogP contribution >= 0.6 is 0 Å². The first-order valence-corrected chi connectivity index (χ1v) is 18.7. The van der Waals surface area contributed by atoms with Gasteiger partial charge in [-0.1, -0.05) is 121 Å². The summed E-state index contributed by atoms with van der Waals surface area (Å²) in [5, 5.41) is 5.02. The van der Waals surface area contributed by atoms with E-state index in [1.807, 2.05) is 0 Å². The third-order valence-electron chi connectivity index (χ3n) is 12.2. The highest BCUT2D eigenvalue weighted by molar-refractivity contribution is 6.19. The highest BCUT2D eigenvalue weighted by atomic mass is 15.1. The van der Waals surface area contributed by atoms with Gasteiger partial charge in [-0.05, 0) is 82.9 Å². The Kier molecular flexibility index (Phi) is 5.28.